The molecule has 2 rings (SSSR count). The molecule has 1 aromatic rings. The highest BCUT2D eigenvalue weighted by molar-refractivity contribution is 5.26. The first-order valence-electron chi connectivity index (χ1n) is 6.49. The second-order valence-electron chi connectivity index (χ2n) is 4.80. The minimum Gasteiger partial charge on any atom is -0.378 e. The van der Waals surface area contributed by atoms with Gasteiger partial charge in [0, 0.05) is 31.0 Å². The summed E-state index contributed by atoms with van der Waals surface area (Å²) >= 11 is 0. The van der Waals surface area contributed by atoms with Crippen molar-refractivity contribution in [3.63, 3.8) is 0 Å². The molecule has 0 radical (unpaired) electrons. The molecule has 3 unspecified atom stereocenters. The third kappa shape index (κ3) is 2.67. The molecule has 1 fully saturated rings. The summed E-state index contributed by atoms with van der Waals surface area (Å²) in [5.74, 6) is 0.554. The zero-order valence-electron chi connectivity index (χ0n) is 10.9. The number of aromatic nitrogens is 1. The first kappa shape index (κ1) is 12.5. The maximum absolute atomic E-state index is 5.69. The van der Waals surface area contributed by atoms with Gasteiger partial charge in [-0.3, -0.25) is 4.98 Å². The van der Waals surface area contributed by atoms with Gasteiger partial charge in [-0.2, -0.15) is 0 Å². The maximum atomic E-state index is 5.69. The van der Waals surface area contributed by atoms with Crippen molar-refractivity contribution in [2.45, 2.75) is 39.3 Å². The van der Waals surface area contributed by atoms with Crippen molar-refractivity contribution in [2.24, 2.45) is 5.92 Å². The smallest absolute Gasteiger partial charge is 0.0594 e. The fourth-order valence-corrected chi connectivity index (χ4v) is 2.70. The molecule has 0 amide bonds. The van der Waals surface area contributed by atoms with Gasteiger partial charge in [-0.05, 0) is 44.0 Å². The topological polar surface area (TPSA) is 34.2 Å². The van der Waals surface area contributed by atoms with Crippen LogP contribution in [0.2, 0.25) is 0 Å². The van der Waals surface area contributed by atoms with Crippen LogP contribution in [0.25, 0.3) is 0 Å². The second-order valence-corrected chi connectivity index (χ2v) is 4.80. The van der Waals surface area contributed by atoms with E-state index in [1.54, 1.807) is 0 Å². The van der Waals surface area contributed by atoms with Crippen LogP contribution in [0.5, 0.6) is 0 Å². The normalized spacial score (nSPS) is 26.1. The van der Waals surface area contributed by atoms with Crippen molar-refractivity contribution in [1.82, 2.24) is 10.3 Å². The maximum Gasteiger partial charge on any atom is 0.0594 e. The van der Waals surface area contributed by atoms with Crippen LogP contribution in [-0.4, -0.2) is 24.2 Å². The summed E-state index contributed by atoms with van der Waals surface area (Å²) in [6.07, 6.45) is 5.32. The number of rotatable bonds is 4. The Balaban J connectivity index is 2.25. The van der Waals surface area contributed by atoms with Crippen molar-refractivity contribution in [2.75, 3.05) is 13.2 Å². The summed E-state index contributed by atoms with van der Waals surface area (Å²) < 4.78 is 5.69. The van der Waals surface area contributed by atoms with E-state index in [2.05, 4.69) is 37.1 Å². The Morgan fingerprint density at radius 1 is 1.59 bits per heavy atom. The lowest BCUT2D eigenvalue weighted by molar-refractivity contribution is 0.0955. The molecular weight excluding hydrogens is 212 g/mol. The summed E-state index contributed by atoms with van der Waals surface area (Å²) in [7, 11) is 0. The van der Waals surface area contributed by atoms with Crippen LogP contribution in [0, 0.1) is 12.8 Å². The zero-order valence-corrected chi connectivity index (χ0v) is 10.9. The third-order valence-corrected chi connectivity index (χ3v) is 3.70. The van der Waals surface area contributed by atoms with Crippen molar-refractivity contribution in [3.8, 4) is 0 Å². The summed E-state index contributed by atoms with van der Waals surface area (Å²) in [5.41, 5.74) is 2.63. The molecule has 3 heteroatoms. The Kier molecular flexibility index (Phi) is 4.13. The number of pyridine rings is 1. The highest BCUT2D eigenvalue weighted by atomic mass is 16.5. The van der Waals surface area contributed by atoms with Gasteiger partial charge < -0.3 is 10.1 Å². The van der Waals surface area contributed by atoms with Crippen LogP contribution >= 0.6 is 0 Å². The lowest BCUT2D eigenvalue weighted by atomic mass is 9.87. The van der Waals surface area contributed by atoms with E-state index < -0.39 is 0 Å². The van der Waals surface area contributed by atoms with Crippen LogP contribution < -0.4 is 5.32 Å². The van der Waals surface area contributed by atoms with Crippen molar-refractivity contribution in [1.29, 1.82) is 0 Å². The molecule has 0 aromatic carbocycles. The summed E-state index contributed by atoms with van der Waals surface area (Å²) in [6, 6.07) is 2.45. The van der Waals surface area contributed by atoms with Gasteiger partial charge in [0.05, 0.1) is 6.10 Å². The van der Waals surface area contributed by atoms with Gasteiger partial charge in [-0.1, -0.05) is 6.92 Å². The SMILES string of the molecule is CCNC(c1cnccc1C)C1CCOC1C. The van der Waals surface area contributed by atoms with Gasteiger partial charge in [0.15, 0.2) is 0 Å². The molecule has 1 N–H and O–H groups in total. The molecule has 1 aromatic heterocycles. The van der Waals surface area contributed by atoms with Crippen LogP contribution in [0.15, 0.2) is 18.5 Å². The number of nitrogens with one attached hydrogen (secondary N) is 1. The van der Waals surface area contributed by atoms with E-state index in [1.807, 2.05) is 12.4 Å². The molecule has 2 heterocycles. The highest BCUT2D eigenvalue weighted by Crippen LogP contribution is 2.34. The molecule has 0 spiro atoms. The monoisotopic (exact) mass is 234 g/mol. The largest absolute Gasteiger partial charge is 0.378 e. The van der Waals surface area contributed by atoms with Gasteiger partial charge in [0.1, 0.15) is 0 Å². The first-order valence-corrected chi connectivity index (χ1v) is 6.49. The quantitative estimate of drug-likeness (QED) is 0.869. The van der Waals surface area contributed by atoms with E-state index in [0.717, 1.165) is 19.6 Å². The molecular formula is C14H22N2O. The van der Waals surface area contributed by atoms with Crippen molar-refractivity contribution >= 4 is 0 Å². The summed E-state index contributed by atoms with van der Waals surface area (Å²) in [6.45, 7) is 8.34. The Morgan fingerprint density at radius 2 is 2.41 bits per heavy atom. The third-order valence-electron chi connectivity index (χ3n) is 3.70. The van der Waals surface area contributed by atoms with Gasteiger partial charge in [0.25, 0.3) is 0 Å². The minimum absolute atomic E-state index is 0.332. The Morgan fingerprint density at radius 3 is 3.00 bits per heavy atom. The van der Waals surface area contributed by atoms with E-state index in [1.165, 1.54) is 11.1 Å². The number of aryl methyl sites for hydroxylation is 1. The standard InChI is InChI=1S/C14H22N2O/c1-4-16-14(12-6-8-17-11(12)3)13-9-15-7-5-10(13)2/h5,7,9,11-12,14,16H,4,6,8H2,1-3H3. The van der Waals surface area contributed by atoms with E-state index in [4.69, 9.17) is 4.74 Å². The average molecular weight is 234 g/mol. The Hall–Kier alpha value is -0.930. The molecule has 1 aliphatic heterocycles. The Labute approximate surface area is 104 Å². The van der Waals surface area contributed by atoms with Crippen molar-refractivity contribution in [3.05, 3.63) is 29.6 Å². The molecule has 0 saturated carbocycles. The van der Waals surface area contributed by atoms with Crippen LogP contribution in [0.3, 0.4) is 0 Å². The van der Waals surface area contributed by atoms with Crippen LogP contribution in [0.1, 0.15) is 37.4 Å². The fourth-order valence-electron chi connectivity index (χ4n) is 2.70. The summed E-state index contributed by atoms with van der Waals surface area (Å²) in [4.78, 5) is 4.26. The second kappa shape index (κ2) is 5.61. The van der Waals surface area contributed by atoms with E-state index in [-0.39, 0.29) is 0 Å². The Bertz CT molecular complexity index is 367. The number of nitrogens with zero attached hydrogens (tertiary/aromatic N) is 1. The van der Waals surface area contributed by atoms with E-state index in [9.17, 15) is 0 Å². The first-order chi connectivity index (χ1) is 8.24. The highest BCUT2D eigenvalue weighted by Gasteiger charge is 2.33. The van der Waals surface area contributed by atoms with Gasteiger partial charge in [-0.15, -0.1) is 0 Å². The van der Waals surface area contributed by atoms with Crippen LogP contribution in [0.4, 0.5) is 0 Å². The number of hydrogen-bond acceptors (Lipinski definition) is 3. The molecule has 3 atom stereocenters. The van der Waals surface area contributed by atoms with Gasteiger partial charge in [-0.25, -0.2) is 0 Å². The molecule has 3 nitrogen and oxygen atoms in total. The number of hydrogen-bond donors (Lipinski definition) is 1. The van der Waals surface area contributed by atoms with E-state index in [0.29, 0.717) is 18.1 Å². The molecule has 17 heavy (non-hydrogen) atoms. The molecule has 0 aliphatic carbocycles. The zero-order chi connectivity index (χ0) is 12.3. The fraction of sp³-hybridized carbons (Fsp3) is 0.643. The average Bonchev–Trinajstić information content (AvgIpc) is 2.74. The minimum atomic E-state index is 0.332. The molecule has 0 bridgehead atoms. The molecule has 1 aliphatic rings. The predicted molar refractivity (Wildman–Crippen MR) is 68.9 cm³/mol. The van der Waals surface area contributed by atoms with Crippen LogP contribution in [-0.2, 0) is 4.74 Å². The van der Waals surface area contributed by atoms with E-state index >= 15 is 0 Å². The lowest BCUT2D eigenvalue weighted by Crippen LogP contribution is -2.32. The molecule has 94 valence electrons. The lowest BCUT2D eigenvalue weighted by Gasteiger charge is -2.27. The summed E-state index contributed by atoms with van der Waals surface area (Å²) in [5, 5.41) is 3.59. The number of ether oxygens (including phenoxy) is 1. The van der Waals surface area contributed by atoms with Gasteiger partial charge in [0.2, 0.25) is 0 Å². The predicted octanol–water partition coefficient (Wildman–Crippen LogP) is 2.47. The van der Waals surface area contributed by atoms with Gasteiger partial charge >= 0.3 is 0 Å². The molecule has 1 saturated heterocycles. The van der Waals surface area contributed by atoms with Crippen molar-refractivity contribution < 1.29 is 4.74 Å².